The zero-order chi connectivity index (χ0) is 17.9. The highest BCUT2D eigenvalue weighted by Gasteiger charge is 2.31. The van der Waals surface area contributed by atoms with Gasteiger partial charge in [-0.2, -0.15) is 0 Å². The molecule has 2 aromatic rings. The molecule has 26 heavy (non-hydrogen) atoms. The first kappa shape index (κ1) is 17.2. The standard InChI is InChI=1S/C22H24N2OS/c1-16-23-21(15-26-16)18-10-11-19(14-18)22(25)24-13-5-8-20(24)12-9-17-6-3-2-4-7-17/h2-4,6-7,10,14-15,20H,5,8-9,11-13H2,1H3. The maximum absolute atomic E-state index is 13.1. The molecule has 1 aromatic heterocycles. The van der Waals surface area contributed by atoms with Crippen LogP contribution in [0.4, 0.5) is 0 Å². The summed E-state index contributed by atoms with van der Waals surface area (Å²) < 4.78 is 0. The molecule has 1 unspecified atom stereocenters. The number of nitrogens with zero attached hydrogens (tertiary/aromatic N) is 2. The van der Waals surface area contributed by atoms with Gasteiger partial charge in [-0.25, -0.2) is 4.98 Å². The molecule has 0 saturated carbocycles. The number of aryl methyl sites for hydroxylation is 2. The number of benzene rings is 1. The van der Waals surface area contributed by atoms with Crippen LogP contribution in [0.3, 0.4) is 0 Å². The van der Waals surface area contributed by atoms with Crippen LogP contribution in [0, 0.1) is 6.92 Å². The van der Waals surface area contributed by atoms with Crippen molar-refractivity contribution in [1.29, 1.82) is 0 Å². The molecule has 1 fully saturated rings. The van der Waals surface area contributed by atoms with Crippen molar-refractivity contribution in [3.8, 4) is 0 Å². The van der Waals surface area contributed by atoms with Crippen LogP contribution >= 0.6 is 11.3 Å². The second-order valence-corrected chi connectivity index (χ2v) is 8.17. The molecule has 2 aliphatic rings. The fourth-order valence-corrected chi connectivity index (χ4v) is 4.54. The molecule has 1 aromatic carbocycles. The molecule has 1 atom stereocenters. The van der Waals surface area contributed by atoms with Crippen molar-refractivity contribution in [3.63, 3.8) is 0 Å². The number of aromatic nitrogens is 1. The molecule has 1 aliphatic heterocycles. The molecule has 1 amide bonds. The third-order valence-corrected chi connectivity index (χ3v) is 6.08. The first-order chi connectivity index (χ1) is 12.7. The van der Waals surface area contributed by atoms with Gasteiger partial charge in [-0.15, -0.1) is 11.3 Å². The Hall–Kier alpha value is -2.20. The number of thiazole rings is 1. The summed E-state index contributed by atoms with van der Waals surface area (Å²) in [5.41, 5.74) is 4.36. The van der Waals surface area contributed by atoms with Crippen LogP contribution in [-0.2, 0) is 11.2 Å². The normalized spacial score (nSPS) is 19.6. The van der Waals surface area contributed by atoms with Crippen LogP contribution in [0.1, 0.15) is 41.9 Å². The van der Waals surface area contributed by atoms with Gasteiger partial charge in [0.15, 0.2) is 0 Å². The van der Waals surface area contributed by atoms with Gasteiger partial charge in [-0.3, -0.25) is 4.79 Å². The van der Waals surface area contributed by atoms with E-state index in [1.807, 2.05) is 13.0 Å². The van der Waals surface area contributed by atoms with Crippen LogP contribution < -0.4 is 0 Å². The lowest BCUT2D eigenvalue weighted by Crippen LogP contribution is -2.36. The average Bonchev–Trinajstić information content (AvgIpc) is 3.40. The fraction of sp³-hybridized carbons (Fsp3) is 0.364. The van der Waals surface area contributed by atoms with Gasteiger partial charge < -0.3 is 4.90 Å². The number of hydrogen-bond acceptors (Lipinski definition) is 3. The monoisotopic (exact) mass is 364 g/mol. The van der Waals surface area contributed by atoms with E-state index in [9.17, 15) is 4.79 Å². The molecular formula is C22H24N2OS. The zero-order valence-corrected chi connectivity index (χ0v) is 16.0. The Bertz CT molecular complexity index is 850. The molecule has 1 aliphatic carbocycles. The quantitative estimate of drug-likeness (QED) is 0.764. The molecule has 0 spiro atoms. The number of allylic oxidation sites excluding steroid dienone is 3. The van der Waals surface area contributed by atoms with Crippen molar-refractivity contribution in [2.45, 2.75) is 45.1 Å². The van der Waals surface area contributed by atoms with Crippen molar-refractivity contribution in [2.75, 3.05) is 6.54 Å². The summed E-state index contributed by atoms with van der Waals surface area (Å²) >= 11 is 1.65. The number of amides is 1. The van der Waals surface area contributed by atoms with Crippen molar-refractivity contribution >= 4 is 22.8 Å². The maximum Gasteiger partial charge on any atom is 0.250 e. The topological polar surface area (TPSA) is 33.2 Å². The van der Waals surface area contributed by atoms with E-state index in [0.717, 1.165) is 60.5 Å². The number of carbonyl (C=O) groups is 1. The van der Waals surface area contributed by atoms with Gasteiger partial charge >= 0.3 is 0 Å². The largest absolute Gasteiger partial charge is 0.336 e. The fourth-order valence-electron chi connectivity index (χ4n) is 3.91. The van der Waals surface area contributed by atoms with E-state index < -0.39 is 0 Å². The van der Waals surface area contributed by atoms with Crippen LogP contribution in [0.2, 0.25) is 0 Å². The van der Waals surface area contributed by atoms with E-state index >= 15 is 0 Å². The van der Waals surface area contributed by atoms with Gasteiger partial charge in [0.05, 0.1) is 10.7 Å². The molecule has 4 heteroatoms. The molecule has 0 N–H and O–H groups in total. The highest BCUT2D eigenvalue weighted by atomic mass is 32.1. The lowest BCUT2D eigenvalue weighted by Gasteiger charge is -2.25. The van der Waals surface area contributed by atoms with Crippen LogP contribution in [0.15, 0.2) is 53.4 Å². The third-order valence-electron chi connectivity index (χ3n) is 5.31. The molecule has 1 saturated heterocycles. The van der Waals surface area contributed by atoms with E-state index in [1.165, 1.54) is 5.56 Å². The van der Waals surface area contributed by atoms with E-state index in [2.05, 4.69) is 51.7 Å². The SMILES string of the molecule is Cc1nc(C2=CCC(C(=O)N3CCCC3CCc3ccccc3)=C2)cs1. The first-order valence-corrected chi connectivity index (χ1v) is 10.3. The van der Waals surface area contributed by atoms with Crippen molar-refractivity contribution in [2.24, 2.45) is 0 Å². The molecule has 134 valence electrons. The summed E-state index contributed by atoms with van der Waals surface area (Å²) in [7, 11) is 0. The highest BCUT2D eigenvalue weighted by Crippen LogP contribution is 2.31. The van der Waals surface area contributed by atoms with Crippen LogP contribution in [-0.4, -0.2) is 28.4 Å². The first-order valence-electron chi connectivity index (χ1n) is 9.39. The Morgan fingerprint density at radius 1 is 1.31 bits per heavy atom. The van der Waals surface area contributed by atoms with Gasteiger partial charge in [-0.05, 0) is 56.2 Å². The zero-order valence-electron chi connectivity index (χ0n) is 15.1. The maximum atomic E-state index is 13.1. The number of hydrogen-bond donors (Lipinski definition) is 0. The minimum atomic E-state index is 0.221. The van der Waals surface area contributed by atoms with Gasteiger partial charge in [0.1, 0.15) is 0 Å². The summed E-state index contributed by atoms with van der Waals surface area (Å²) in [5.74, 6) is 0.221. The second-order valence-electron chi connectivity index (χ2n) is 7.10. The summed E-state index contributed by atoms with van der Waals surface area (Å²) in [5, 5.41) is 3.14. The summed E-state index contributed by atoms with van der Waals surface area (Å²) in [6.45, 7) is 2.90. The Kier molecular flexibility index (Phi) is 5.02. The molecular weight excluding hydrogens is 340 g/mol. The van der Waals surface area contributed by atoms with Crippen molar-refractivity contribution in [3.05, 3.63) is 69.7 Å². The number of rotatable bonds is 5. The third kappa shape index (κ3) is 3.65. The number of likely N-dealkylation sites (tertiary alicyclic amines) is 1. The van der Waals surface area contributed by atoms with Crippen LogP contribution in [0.25, 0.3) is 5.57 Å². The molecule has 2 heterocycles. The Labute approximate surface area is 159 Å². The Balaban J connectivity index is 1.41. The van der Waals surface area contributed by atoms with Gasteiger partial charge in [0.2, 0.25) is 5.91 Å². The molecule has 4 rings (SSSR count). The minimum Gasteiger partial charge on any atom is -0.336 e. The Morgan fingerprint density at radius 2 is 2.15 bits per heavy atom. The minimum absolute atomic E-state index is 0.221. The summed E-state index contributed by atoms with van der Waals surface area (Å²) in [6, 6.07) is 10.9. The molecule has 0 radical (unpaired) electrons. The highest BCUT2D eigenvalue weighted by molar-refractivity contribution is 7.09. The van der Waals surface area contributed by atoms with E-state index in [4.69, 9.17) is 0 Å². The number of carbonyl (C=O) groups excluding carboxylic acids is 1. The lowest BCUT2D eigenvalue weighted by molar-refractivity contribution is -0.128. The molecule has 0 bridgehead atoms. The van der Waals surface area contributed by atoms with Gasteiger partial charge in [-0.1, -0.05) is 36.4 Å². The predicted molar refractivity (Wildman–Crippen MR) is 107 cm³/mol. The Morgan fingerprint density at radius 3 is 2.92 bits per heavy atom. The van der Waals surface area contributed by atoms with E-state index in [-0.39, 0.29) is 5.91 Å². The van der Waals surface area contributed by atoms with Crippen molar-refractivity contribution in [1.82, 2.24) is 9.88 Å². The smallest absolute Gasteiger partial charge is 0.250 e. The van der Waals surface area contributed by atoms with Gasteiger partial charge in [0, 0.05) is 23.5 Å². The van der Waals surface area contributed by atoms with E-state index in [1.54, 1.807) is 11.3 Å². The van der Waals surface area contributed by atoms with Crippen molar-refractivity contribution < 1.29 is 4.79 Å². The van der Waals surface area contributed by atoms with E-state index in [0.29, 0.717) is 6.04 Å². The second kappa shape index (κ2) is 7.58. The van der Waals surface area contributed by atoms with Crippen LogP contribution in [0.5, 0.6) is 0 Å². The lowest BCUT2D eigenvalue weighted by atomic mass is 10.0. The average molecular weight is 365 g/mol. The molecule has 3 nitrogen and oxygen atoms in total. The van der Waals surface area contributed by atoms with Gasteiger partial charge in [0.25, 0.3) is 0 Å². The predicted octanol–water partition coefficient (Wildman–Crippen LogP) is 4.79. The summed E-state index contributed by atoms with van der Waals surface area (Å²) in [4.78, 5) is 19.7. The summed E-state index contributed by atoms with van der Waals surface area (Å²) in [6.07, 6.45) is 9.23.